The first-order chi connectivity index (χ1) is 14.4. The van der Waals surface area contributed by atoms with E-state index in [1.165, 1.54) is 27.4 Å². The van der Waals surface area contributed by atoms with Gasteiger partial charge in [-0.25, -0.2) is 12.8 Å². The molecule has 2 aromatic carbocycles. The third-order valence-corrected chi connectivity index (χ3v) is 8.09. The van der Waals surface area contributed by atoms with Gasteiger partial charge >= 0.3 is 0 Å². The number of amides is 1. The van der Waals surface area contributed by atoms with E-state index in [1.807, 2.05) is 11.4 Å². The normalized spacial score (nSPS) is 15.4. The Hall–Kier alpha value is -2.55. The second-order valence-electron chi connectivity index (χ2n) is 7.20. The molecule has 0 aliphatic carbocycles. The van der Waals surface area contributed by atoms with E-state index in [-0.39, 0.29) is 10.5 Å². The van der Waals surface area contributed by atoms with Crippen LogP contribution in [0.4, 0.5) is 4.39 Å². The van der Waals surface area contributed by atoms with E-state index in [0.717, 1.165) is 5.56 Å². The van der Waals surface area contributed by atoms with Gasteiger partial charge in [-0.2, -0.15) is 4.31 Å². The zero-order chi connectivity index (χ0) is 21.3. The Labute approximate surface area is 179 Å². The van der Waals surface area contributed by atoms with Gasteiger partial charge in [0, 0.05) is 29.1 Å². The number of sulfonamides is 1. The molecule has 4 rings (SSSR count). The summed E-state index contributed by atoms with van der Waals surface area (Å²) in [5.74, 6) is -0.860. The van der Waals surface area contributed by atoms with Crippen molar-refractivity contribution in [2.75, 3.05) is 6.54 Å². The van der Waals surface area contributed by atoms with Crippen LogP contribution in [0.3, 0.4) is 0 Å². The fraction of sp³-hybridized carbons (Fsp3) is 0.227. The fourth-order valence-corrected chi connectivity index (χ4v) is 5.91. The largest absolute Gasteiger partial charge is 0.345 e. The summed E-state index contributed by atoms with van der Waals surface area (Å²) in [7, 11) is -3.73. The number of benzene rings is 2. The smallest absolute Gasteiger partial charge is 0.251 e. The molecule has 3 aromatic rings. The SMILES string of the molecule is CC(NC(=O)c1cccc(S(=O)(=O)N2CCc3sccc3C2)c1)c1ccccc1F. The first-order valence-corrected chi connectivity index (χ1v) is 11.9. The van der Waals surface area contributed by atoms with Crippen molar-refractivity contribution in [3.8, 4) is 0 Å². The van der Waals surface area contributed by atoms with Gasteiger partial charge in [-0.05, 0) is 54.6 Å². The molecular formula is C22H21FN2O3S2. The zero-order valence-corrected chi connectivity index (χ0v) is 18.0. The highest BCUT2D eigenvalue weighted by molar-refractivity contribution is 7.89. The molecule has 1 unspecified atom stereocenters. The minimum absolute atomic E-state index is 0.0763. The summed E-state index contributed by atoms with van der Waals surface area (Å²) in [6, 6.07) is 13.6. The quantitative estimate of drug-likeness (QED) is 0.644. The van der Waals surface area contributed by atoms with Crippen LogP contribution in [0.15, 0.2) is 64.9 Å². The summed E-state index contributed by atoms with van der Waals surface area (Å²) >= 11 is 1.64. The third-order valence-electron chi connectivity index (χ3n) is 5.23. The molecule has 8 heteroatoms. The van der Waals surface area contributed by atoms with Gasteiger partial charge in [-0.3, -0.25) is 4.79 Å². The maximum atomic E-state index is 14.0. The van der Waals surface area contributed by atoms with Crippen molar-refractivity contribution in [1.29, 1.82) is 0 Å². The van der Waals surface area contributed by atoms with E-state index >= 15 is 0 Å². The van der Waals surface area contributed by atoms with Crippen LogP contribution in [0.25, 0.3) is 0 Å². The maximum absolute atomic E-state index is 14.0. The molecule has 1 atom stereocenters. The Balaban J connectivity index is 1.53. The van der Waals surface area contributed by atoms with Crippen molar-refractivity contribution in [2.45, 2.75) is 30.8 Å². The van der Waals surface area contributed by atoms with E-state index in [2.05, 4.69) is 5.32 Å². The molecule has 0 fully saturated rings. The second kappa shape index (κ2) is 8.29. The van der Waals surface area contributed by atoms with Crippen molar-refractivity contribution >= 4 is 27.3 Å². The fourth-order valence-electron chi connectivity index (χ4n) is 3.56. The van der Waals surface area contributed by atoms with E-state index in [0.29, 0.717) is 25.1 Å². The molecule has 1 aromatic heterocycles. The molecular weight excluding hydrogens is 423 g/mol. The summed E-state index contributed by atoms with van der Waals surface area (Å²) < 4.78 is 41.7. The van der Waals surface area contributed by atoms with Crippen molar-refractivity contribution in [2.24, 2.45) is 0 Å². The molecule has 0 spiro atoms. The average Bonchev–Trinajstić information content (AvgIpc) is 3.22. The van der Waals surface area contributed by atoms with E-state index in [4.69, 9.17) is 0 Å². The van der Waals surface area contributed by atoms with Crippen LogP contribution < -0.4 is 5.32 Å². The Bertz CT molecular complexity index is 1190. The number of nitrogens with one attached hydrogen (secondary N) is 1. The molecule has 0 saturated heterocycles. The lowest BCUT2D eigenvalue weighted by atomic mass is 10.1. The van der Waals surface area contributed by atoms with Crippen LogP contribution in [0.1, 0.15) is 39.3 Å². The lowest BCUT2D eigenvalue weighted by Crippen LogP contribution is -2.35. The van der Waals surface area contributed by atoms with Crippen LogP contribution >= 0.6 is 11.3 Å². The first kappa shape index (κ1) is 20.7. The van der Waals surface area contributed by atoms with Crippen LogP contribution in [-0.4, -0.2) is 25.2 Å². The molecule has 0 bridgehead atoms. The number of thiophene rings is 1. The number of fused-ring (bicyclic) bond motifs is 1. The van der Waals surface area contributed by atoms with Crippen molar-refractivity contribution < 1.29 is 17.6 Å². The van der Waals surface area contributed by atoms with Gasteiger partial charge in [0.15, 0.2) is 0 Å². The molecule has 1 amide bonds. The van der Waals surface area contributed by atoms with Crippen LogP contribution in [0, 0.1) is 5.82 Å². The standard InChI is InChI=1S/C22H21FN2O3S2/c1-15(19-7-2-3-8-20(19)23)24-22(26)16-5-4-6-18(13-16)30(27,28)25-11-9-21-17(14-25)10-12-29-21/h2-8,10,12-13,15H,9,11,14H2,1H3,(H,24,26). The Morgan fingerprint density at radius 3 is 2.77 bits per heavy atom. The van der Waals surface area contributed by atoms with Gasteiger partial charge in [0.05, 0.1) is 10.9 Å². The molecule has 30 heavy (non-hydrogen) atoms. The van der Waals surface area contributed by atoms with E-state index in [1.54, 1.807) is 48.6 Å². The number of hydrogen-bond donors (Lipinski definition) is 1. The molecule has 5 nitrogen and oxygen atoms in total. The maximum Gasteiger partial charge on any atom is 0.251 e. The number of rotatable bonds is 5. The zero-order valence-electron chi connectivity index (χ0n) is 16.3. The summed E-state index contributed by atoms with van der Waals surface area (Å²) in [6.45, 7) is 2.43. The average molecular weight is 445 g/mol. The van der Waals surface area contributed by atoms with Gasteiger partial charge in [0.1, 0.15) is 5.82 Å². The monoisotopic (exact) mass is 444 g/mol. The van der Waals surface area contributed by atoms with E-state index < -0.39 is 27.8 Å². The van der Waals surface area contributed by atoms with Crippen LogP contribution in [-0.2, 0) is 23.0 Å². The Morgan fingerprint density at radius 1 is 1.17 bits per heavy atom. The third kappa shape index (κ3) is 4.03. The highest BCUT2D eigenvalue weighted by atomic mass is 32.2. The number of halogens is 1. The number of nitrogens with zero attached hydrogens (tertiary/aromatic N) is 1. The summed E-state index contributed by atoms with van der Waals surface area (Å²) in [5.41, 5.74) is 1.62. The summed E-state index contributed by atoms with van der Waals surface area (Å²) in [4.78, 5) is 14.0. The predicted octanol–water partition coefficient (Wildman–Crippen LogP) is 4.13. The minimum atomic E-state index is -3.73. The lowest BCUT2D eigenvalue weighted by Gasteiger charge is -2.26. The van der Waals surface area contributed by atoms with Gasteiger partial charge < -0.3 is 5.32 Å². The minimum Gasteiger partial charge on any atom is -0.345 e. The molecule has 1 aliphatic rings. The van der Waals surface area contributed by atoms with E-state index in [9.17, 15) is 17.6 Å². The van der Waals surface area contributed by atoms with Crippen molar-refractivity contribution in [3.05, 3.63) is 87.4 Å². The van der Waals surface area contributed by atoms with Gasteiger partial charge in [0.25, 0.3) is 5.91 Å². The number of hydrogen-bond acceptors (Lipinski definition) is 4. The highest BCUT2D eigenvalue weighted by Gasteiger charge is 2.29. The topological polar surface area (TPSA) is 66.5 Å². The first-order valence-electron chi connectivity index (χ1n) is 9.57. The number of carbonyl (C=O) groups is 1. The molecule has 1 aliphatic heterocycles. The lowest BCUT2D eigenvalue weighted by molar-refractivity contribution is 0.0939. The van der Waals surface area contributed by atoms with Gasteiger partial charge in [0.2, 0.25) is 10.0 Å². The van der Waals surface area contributed by atoms with Gasteiger partial charge in [-0.1, -0.05) is 24.3 Å². The molecule has 1 N–H and O–H groups in total. The Morgan fingerprint density at radius 2 is 1.97 bits per heavy atom. The van der Waals surface area contributed by atoms with Crippen LogP contribution in [0.2, 0.25) is 0 Å². The van der Waals surface area contributed by atoms with Crippen molar-refractivity contribution in [3.63, 3.8) is 0 Å². The molecule has 0 saturated carbocycles. The predicted molar refractivity (Wildman–Crippen MR) is 114 cm³/mol. The molecule has 0 radical (unpaired) electrons. The number of carbonyl (C=O) groups excluding carboxylic acids is 1. The van der Waals surface area contributed by atoms with Crippen molar-refractivity contribution in [1.82, 2.24) is 9.62 Å². The molecule has 2 heterocycles. The van der Waals surface area contributed by atoms with Crippen LogP contribution in [0.5, 0.6) is 0 Å². The summed E-state index contributed by atoms with van der Waals surface area (Å²) in [6.07, 6.45) is 0.687. The highest BCUT2D eigenvalue weighted by Crippen LogP contribution is 2.28. The second-order valence-corrected chi connectivity index (χ2v) is 10.1. The van der Waals surface area contributed by atoms with Gasteiger partial charge in [-0.15, -0.1) is 11.3 Å². The summed E-state index contributed by atoms with van der Waals surface area (Å²) in [5, 5.41) is 4.71. The molecule has 156 valence electrons. The Kier molecular flexibility index (Phi) is 5.73.